The summed E-state index contributed by atoms with van der Waals surface area (Å²) in [7, 11) is -0.156. The second kappa shape index (κ2) is 3.59. The normalized spacial score (nSPS) is 40.5. The minimum atomic E-state index is -0.216. The molecular weight excluding hydrogens is 213 g/mol. The third-order valence-corrected chi connectivity index (χ3v) is 4.90. The molecule has 17 heavy (non-hydrogen) atoms. The molecule has 2 aliphatic heterocycles. The Labute approximate surface area is 104 Å². The van der Waals surface area contributed by atoms with Crippen molar-refractivity contribution in [3.05, 3.63) is 11.5 Å². The zero-order chi connectivity index (χ0) is 12.3. The van der Waals surface area contributed by atoms with Crippen LogP contribution in [0.2, 0.25) is 0 Å². The van der Waals surface area contributed by atoms with Crippen LogP contribution in [-0.2, 0) is 9.31 Å². The van der Waals surface area contributed by atoms with Crippen LogP contribution < -0.4 is 5.32 Å². The molecule has 2 heterocycles. The number of hydrogen-bond acceptors (Lipinski definition) is 3. The first-order valence-corrected chi connectivity index (χ1v) is 6.69. The molecule has 1 aliphatic carbocycles. The number of nitrogens with one attached hydrogen (secondary N) is 1. The summed E-state index contributed by atoms with van der Waals surface area (Å²) in [5.41, 5.74) is 1.09. The van der Waals surface area contributed by atoms with Gasteiger partial charge in [-0.25, -0.2) is 0 Å². The van der Waals surface area contributed by atoms with Gasteiger partial charge < -0.3 is 14.6 Å². The standard InChI is InChI=1S/C13H22BNO2/c1-12(2)13(3,4)17-14(16-12)8-9-7-11-10(9)5-6-15-11/h8,10-11,15H,5-7H2,1-4H3/b9-8-. The fourth-order valence-corrected chi connectivity index (χ4v) is 2.99. The first kappa shape index (κ1) is 11.8. The van der Waals surface area contributed by atoms with Crippen molar-refractivity contribution in [2.24, 2.45) is 5.92 Å². The lowest BCUT2D eigenvalue weighted by atomic mass is 9.70. The summed E-state index contributed by atoms with van der Waals surface area (Å²) < 4.78 is 12.0. The molecule has 2 unspecified atom stereocenters. The highest BCUT2D eigenvalue weighted by atomic mass is 16.7. The van der Waals surface area contributed by atoms with Crippen LogP contribution in [0.1, 0.15) is 40.5 Å². The Morgan fingerprint density at radius 2 is 1.88 bits per heavy atom. The molecule has 0 aromatic carbocycles. The van der Waals surface area contributed by atoms with Crippen molar-refractivity contribution in [2.75, 3.05) is 6.54 Å². The molecule has 2 saturated heterocycles. The van der Waals surface area contributed by atoms with Crippen molar-refractivity contribution < 1.29 is 9.31 Å². The molecule has 0 bridgehead atoms. The maximum absolute atomic E-state index is 6.00. The number of rotatable bonds is 1. The van der Waals surface area contributed by atoms with Crippen LogP contribution in [0, 0.1) is 5.92 Å². The molecule has 3 fully saturated rings. The quantitative estimate of drug-likeness (QED) is 0.704. The van der Waals surface area contributed by atoms with E-state index in [0.717, 1.165) is 18.5 Å². The zero-order valence-corrected chi connectivity index (χ0v) is 11.2. The lowest BCUT2D eigenvalue weighted by molar-refractivity contribution is 0.00578. The summed E-state index contributed by atoms with van der Waals surface area (Å²) in [5, 5.41) is 3.52. The van der Waals surface area contributed by atoms with Gasteiger partial charge in [0.05, 0.1) is 11.2 Å². The van der Waals surface area contributed by atoms with Gasteiger partial charge in [0.25, 0.3) is 0 Å². The highest BCUT2D eigenvalue weighted by molar-refractivity contribution is 6.51. The largest absolute Gasteiger partial charge is 0.487 e. The lowest BCUT2D eigenvalue weighted by Crippen LogP contribution is -2.41. The highest BCUT2D eigenvalue weighted by Gasteiger charge is 2.51. The monoisotopic (exact) mass is 235 g/mol. The van der Waals surface area contributed by atoms with E-state index in [0.29, 0.717) is 0 Å². The maximum Gasteiger partial charge on any atom is 0.487 e. The van der Waals surface area contributed by atoms with E-state index in [-0.39, 0.29) is 18.3 Å². The second-order valence-corrected chi connectivity index (χ2v) is 6.53. The van der Waals surface area contributed by atoms with Crippen molar-refractivity contribution in [1.29, 1.82) is 0 Å². The number of hydrogen-bond donors (Lipinski definition) is 1. The first-order chi connectivity index (χ1) is 7.89. The molecular formula is C13H22BNO2. The van der Waals surface area contributed by atoms with Crippen LogP contribution in [0.3, 0.4) is 0 Å². The van der Waals surface area contributed by atoms with Gasteiger partial charge in [-0.1, -0.05) is 11.5 Å². The molecule has 1 N–H and O–H groups in total. The predicted molar refractivity (Wildman–Crippen MR) is 68.7 cm³/mol. The summed E-state index contributed by atoms with van der Waals surface area (Å²) in [6, 6.07) is 0.726. The third kappa shape index (κ3) is 1.77. The van der Waals surface area contributed by atoms with Gasteiger partial charge in [-0.05, 0) is 53.0 Å². The van der Waals surface area contributed by atoms with Crippen molar-refractivity contribution in [3.8, 4) is 0 Å². The van der Waals surface area contributed by atoms with Crippen LogP contribution in [0.4, 0.5) is 0 Å². The Bertz CT molecular complexity index is 348. The van der Waals surface area contributed by atoms with Crippen molar-refractivity contribution in [1.82, 2.24) is 5.32 Å². The summed E-state index contributed by atoms with van der Waals surface area (Å²) in [6.45, 7) is 9.58. The molecule has 0 radical (unpaired) electrons. The minimum Gasteiger partial charge on any atom is -0.400 e. The molecule has 94 valence electrons. The SMILES string of the molecule is CC1(C)OB(/C=C2/CC3NCCC23)OC1(C)C. The van der Waals surface area contributed by atoms with E-state index in [1.807, 2.05) is 0 Å². The molecule has 0 spiro atoms. The van der Waals surface area contributed by atoms with Gasteiger partial charge in [0.1, 0.15) is 0 Å². The third-order valence-electron chi connectivity index (χ3n) is 4.90. The van der Waals surface area contributed by atoms with E-state index in [1.54, 1.807) is 0 Å². The van der Waals surface area contributed by atoms with Gasteiger partial charge in [-0.2, -0.15) is 0 Å². The van der Waals surface area contributed by atoms with Crippen LogP contribution >= 0.6 is 0 Å². The van der Waals surface area contributed by atoms with E-state index in [9.17, 15) is 0 Å². The van der Waals surface area contributed by atoms with E-state index < -0.39 is 0 Å². The van der Waals surface area contributed by atoms with E-state index in [4.69, 9.17) is 9.31 Å². The van der Waals surface area contributed by atoms with E-state index >= 15 is 0 Å². The van der Waals surface area contributed by atoms with E-state index in [1.165, 1.54) is 18.4 Å². The number of fused-ring (bicyclic) bond motifs is 1. The van der Waals surface area contributed by atoms with Gasteiger partial charge in [0, 0.05) is 6.04 Å². The fourth-order valence-electron chi connectivity index (χ4n) is 2.99. The Balaban J connectivity index is 1.70. The van der Waals surface area contributed by atoms with Crippen molar-refractivity contribution >= 4 is 7.12 Å². The topological polar surface area (TPSA) is 30.5 Å². The molecule has 1 saturated carbocycles. The average molecular weight is 235 g/mol. The Hall–Kier alpha value is -0.315. The summed E-state index contributed by atoms with van der Waals surface area (Å²) in [6.07, 6.45) is 2.45. The molecule has 3 aliphatic rings. The maximum atomic E-state index is 6.00. The highest BCUT2D eigenvalue weighted by Crippen LogP contribution is 2.42. The van der Waals surface area contributed by atoms with Gasteiger partial charge >= 0.3 is 7.12 Å². The zero-order valence-electron chi connectivity index (χ0n) is 11.2. The van der Waals surface area contributed by atoms with Gasteiger partial charge in [-0.15, -0.1) is 0 Å². The molecule has 3 nitrogen and oxygen atoms in total. The van der Waals surface area contributed by atoms with Crippen LogP contribution in [0.15, 0.2) is 11.5 Å². The summed E-state index contributed by atoms with van der Waals surface area (Å²) in [5.74, 6) is 2.96. The van der Waals surface area contributed by atoms with Gasteiger partial charge in [0.2, 0.25) is 0 Å². The molecule has 0 aromatic rings. The first-order valence-electron chi connectivity index (χ1n) is 6.69. The summed E-state index contributed by atoms with van der Waals surface area (Å²) >= 11 is 0. The average Bonchev–Trinajstić information content (AvgIpc) is 2.62. The smallest absolute Gasteiger partial charge is 0.400 e. The molecule has 0 aromatic heterocycles. The predicted octanol–water partition coefficient (Wildman–Crippen LogP) is 1.93. The van der Waals surface area contributed by atoms with Crippen LogP contribution in [0.5, 0.6) is 0 Å². The van der Waals surface area contributed by atoms with Crippen LogP contribution in [-0.4, -0.2) is 30.9 Å². The van der Waals surface area contributed by atoms with E-state index in [2.05, 4.69) is 39.0 Å². The molecule has 2 atom stereocenters. The Kier molecular flexibility index (Phi) is 2.48. The molecule has 0 amide bonds. The minimum absolute atomic E-state index is 0.156. The van der Waals surface area contributed by atoms with Crippen molar-refractivity contribution in [2.45, 2.75) is 57.8 Å². The Morgan fingerprint density at radius 3 is 2.47 bits per heavy atom. The second-order valence-electron chi connectivity index (χ2n) is 6.53. The summed E-state index contributed by atoms with van der Waals surface area (Å²) in [4.78, 5) is 0. The van der Waals surface area contributed by atoms with Gasteiger partial charge in [0.15, 0.2) is 0 Å². The molecule has 4 heteroatoms. The lowest BCUT2D eigenvalue weighted by Gasteiger charge is -2.34. The van der Waals surface area contributed by atoms with Gasteiger partial charge in [-0.3, -0.25) is 0 Å². The molecule has 3 rings (SSSR count). The van der Waals surface area contributed by atoms with Crippen molar-refractivity contribution in [3.63, 3.8) is 0 Å². The fraction of sp³-hybridized carbons (Fsp3) is 0.846. The Morgan fingerprint density at radius 1 is 1.24 bits per heavy atom. The van der Waals surface area contributed by atoms with Crippen LogP contribution in [0.25, 0.3) is 0 Å².